The van der Waals surface area contributed by atoms with Gasteiger partial charge in [-0.25, -0.2) is 14.6 Å². The summed E-state index contributed by atoms with van der Waals surface area (Å²) in [6.07, 6.45) is 3.41. The number of allylic oxidation sites excluding steroid dienone is 1. The molecule has 0 radical (unpaired) electrons. The maximum atomic E-state index is 14.1. The van der Waals surface area contributed by atoms with Crippen molar-refractivity contribution in [3.63, 3.8) is 0 Å². The van der Waals surface area contributed by atoms with E-state index >= 15 is 0 Å². The first-order chi connectivity index (χ1) is 31.1. The number of anilines is 1. The van der Waals surface area contributed by atoms with Crippen molar-refractivity contribution in [2.24, 2.45) is 10.9 Å². The Bertz CT molecular complexity index is 2490. The molecular weight excluding hydrogens is 855 g/mol. The molecule has 17 heteroatoms. The minimum Gasteiger partial charge on any atom is -0.497 e. The molecule has 4 heterocycles. The first-order valence-corrected chi connectivity index (χ1v) is 22.3. The number of urea groups is 1. The highest BCUT2D eigenvalue weighted by molar-refractivity contribution is 8.00. The summed E-state index contributed by atoms with van der Waals surface area (Å²) in [5.74, 6) is -0.994. The van der Waals surface area contributed by atoms with E-state index in [1.807, 2.05) is 61.5 Å². The Labute approximate surface area is 377 Å². The highest BCUT2D eigenvalue weighted by atomic mass is 32.2. The third-order valence-electron chi connectivity index (χ3n) is 11.0. The van der Waals surface area contributed by atoms with Gasteiger partial charge in [-0.1, -0.05) is 120 Å². The second kappa shape index (κ2) is 19.2. The van der Waals surface area contributed by atoms with Crippen LogP contribution in [0.4, 0.5) is 9.93 Å². The Morgan fingerprint density at radius 2 is 1.56 bits per heavy atom. The number of nitrogens with zero attached hydrogens (tertiary/aromatic N) is 4. The molecule has 2 fully saturated rings. The minimum atomic E-state index is -1.02. The third-order valence-corrected chi connectivity index (χ3v) is 13.1. The van der Waals surface area contributed by atoms with Crippen molar-refractivity contribution >= 4 is 57.8 Å². The molecular formula is C47H45N7O8S2. The number of amides is 4. The van der Waals surface area contributed by atoms with Crippen molar-refractivity contribution in [2.45, 2.75) is 49.1 Å². The number of carbonyl (C=O) groups excluding carboxylic acids is 4. The van der Waals surface area contributed by atoms with Crippen molar-refractivity contribution in [3.05, 3.63) is 172 Å². The number of aromatic nitrogens is 1. The number of β-lactam (4-membered cyclic amide) rings is 1. The number of thiazole rings is 1. The highest BCUT2D eigenvalue weighted by Crippen LogP contribution is 2.43. The predicted octanol–water partition coefficient (Wildman–Crippen LogP) is 6.33. The molecule has 3 aliphatic rings. The van der Waals surface area contributed by atoms with Crippen LogP contribution in [0.2, 0.25) is 0 Å². The largest absolute Gasteiger partial charge is 0.497 e. The second-order valence-corrected chi connectivity index (χ2v) is 17.0. The average Bonchev–Trinajstić information content (AvgIpc) is 3.96. The number of nitrogens with one attached hydrogen (secondary N) is 2. The maximum absolute atomic E-state index is 14.1. The van der Waals surface area contributed by atoms with Crippen molar-refractivity contribution in [3.8, 4) is 5.75 Å². The van der Waals surface area contributed by atoms with E-state index in [4.69, 9.17) is 29.9 Å². The summed E-state index contributed by atoms with van der Waals surface area (Å²) in [5, 5.41) is 13.3. The van der Waals surface area contributed by atoms with Gasteiger partial charge in [-0.15, -0.1) is 23.1 Å². The summed E-state index contributed by atoms with van der Waals surface area (Å²) < 4.78 is 11.0. The third kappa shape index (κ3) is 8.82. The van der Waals surface area contributed by atoms with Crippen LogP contribution < -0.4 is 21.1 Å². The molecule has 15 nitrogen and oxygen atoms in total. The number of thioether (sulfide) groups is 1. The highest BCUT2D eigenvalue weighted by Gasteiger charge is 2.54. The average molecular weight is 900 g/mol. The lowest BCUT2D eigenvalue weighted by molar-refractivity contribution is -0.153. The number of hydroxylamine groups is 2. The van der Waals surface area contributed by atoms with Crippen LogP contribution in [0.25, 0.3) is 0 Å². The molecule has 0 bridgehead atoms. The quantitative estimate of drug-likeness (QED) is 0.0350. The van der Waals surface area contributed by atoms with E-state index in [9.17, 15) is 19.2 Å². The zero-order chi connectivity index (χ0) is 44.8. The molecule has 2 saturated heterocycles. The van der Waals surface area contributed by atoms with Gasteiger partial charge in [0.1, 0.15) is 53.9 Å². The number of oxime groups is 1. The van der Waals surface area contributed by atoms with Gasteiger partial charge in [0.2, 0.25) is 0 Å². The molecule has 1 aromatic heterocycles. The summed E-state index contributed by atoms with van der Waals surface area (Å²) in [4.78, 5) is 71.0. The Kier molecular flexibility index (Phi) is 13.1. The zero-order valence-electron chi connectivity index (χ0n) is 35.1. The first-order valence-electron chi connectivity index (χ1n) is 20.4. The lowest BCUT2D eigenvalue weighted by Crippen LogP contribution is -2.71. The molecule has 0 aliphatic carbocycles. The second-order valence-electron chi connectivity index (χ2n) is 15.0. The number of rotatable bonds is 15. The van der Waals surface area contributed by atoms with Gasteiger partial charge in [-0.3, -0.25) is 19.3 Å². The monoisotopic (exact) mass is 899 g/mol. The lowest BCUT2D eigenvalue weighted by Gasteiger charge is -2.49. The van der Waals surface area contributed by atoms with Gasteiger partial charge in [0.25, 0.3) is 11.8 Å². The fraction of sp³-hybridized carbons (Fsp3) is 0.234. The van der Waals surface area contributed by atoms with Crippen LogP contribution in [-0.2, 0) is 40.9 Å². The van der Waals surface area contributed by atoms with Crippen LogP contribution in [0, 0.1) is 0 Å². The Morgan fingerprint density at radius 1 is 0.938 bits per heavy atom. The molecule has 2 unspecified atom stereocenters. The van der Waals surface area contributed by atoms with Crippen LogP contribution in [0.3, 0.4) is 0 Å². The molecule has 8 rings (SSSR count). The van der Waals surface area contributed by atoms with E-state index in [1.54, 1.807) is 48.9 Å². The van der Waals surface area contributed by atoms with Gasteiger partial charge in [-0.05, 0) is 46.9 Å². The van der Waals surface area contributed by atoms with Crippen molar-refractivity contribution < 1.29 is 38.3 Å². The number of esters is 1. The number of benzene rings is 4. The van der Waals surface area contributed by atoms with Gasteiger partial charge in [0.05, 0.1) is 13.2 Å². The summed E-state index contributed by atoms with van der Waals surface area (Å²) in [5.41, 5.74) is 8.85. The summed E-state index contributed by atoms with van der Waals surface area (Å²) in [6, 6.07) is 35.2. The van der Waals surface area contributed by atoms with E-state index in [1.165, 1.54) is 35.1 Å². The van der Waals surface area contributed by atoms with Crippen LogP contribution in [0.15, 0.2) is 149 Å². The molecule has 4 atom stereocenters. The van der Waals surface area contributed by atoms with Crippen molar-refractivity contribution in [2.75, 3.05) is 25.3 Å². The fourth-order valence-electron chi connectivity index (χ4n) is 7.92. The van der Waals surface area contributed by atoms with Crippen molar-refractivity contribution in [1.29, 1.82) is 0 Å². The fourth-order valence-corrected chi connectivity index (χ4v) is 9.99. The molecule has 328 valence electrons. The van der Waals surface area contributed by atoms with Crippen LogP contribution in [0.5, 0.6) is 5.75 Å². The molecule has 0 saturated carbocycles. The summed E-state index contributed by atoms with van der Waals surface area (Å²) >= 11 is 2.66. The number of hydrogen-bond donors (Lipinski definition) is 3. The maximum Gasteiger partial charge on any atom is 0.355 e. The molecule has 4 amide bonds. The molecule has 5 aromatic rings. The predicted molar refractivity (Wildman–Crippen MR) is 243 cm³/mol. The Morgan fingerprint density at radius 3 is 2.12 bits per heavy atom. The number of ether oxygens (including phenoxy) is 2. The lowest BCUT2D eigenvalue weighted by atomic mass is 9.77. The summed E-state index contributed by atoms with van der Waals surface area (Å²) in [7, 11) is 2.88. The molecule has 4 aromatic carbocycles. The Balaban J connectivity index is 1.03. The smallest absolute Gasteiger partial charge is 0.355 e. The number of primary amides is 1. The van der Waals surface area contributed by atoms with Gasteiger partial charge in [0, 0.05) is 17.6 Å². The van der Waals surface area contributed by atoms with E-state index in [2.05, 4.69) is 52.2 Å². The van der Waals surface area contributed by atoms with Crippen LogP contribution in [-0.4, -0.2) is 88.0 Å². The minimum absolute atomic E-state index is 0.0431. The van der Waals surface area contributed by atoms with Gasteiger partial charge in [0.15, 0.2) is 10.8 Å². The molecule has 64 heavy (non-hydrogen) atoms. The van der Waals surface area contributed by atoms with Gasteiger partial charge >= 0.3 is 12.0 Å². The van der Waals surface area contributed by atoms with E-state index in [0.717, 1.165) is 21.8 Å². The van der Waals surface area contributed by atoms with E-state index in [-0.39, 0.29) is 35.5 Å². The molecule has 0 spiro atoms. The number of carbonyl (C=O) groups is 4. The molecule has 3 aliphatic heterocycles. The van der Waals surface area contributed by atoms with Crippen molar-refractivity contribution in [1.82, 2.24) is 20.3 Å². The SMILES string of the molecule is CO/N=C(\C(=O)N[C@@H]1C(=O)N2C(C(=O)OCc3ccc(OC)cc3)=C(/C=C/C3CC(C)N(C(N)=O)O3)CS[C@@H]12)c1csc(NC(c2ccccc2)(c2ccccc2)c2ccccc2)n1. The number of hydrogen-bond acceptors (Lipinski definition) is 13. The number of methoxy groups -OCH3 is 1. The summed E-state index contributed by atoms with van der Waals surface area (Å²) in [6.45, 7) is 1.75. The van der Waals surface area contributed by atoms with E-state index in [0.29, 0.717) is 28.4 Å². The topological polar surface area (TPSA) is 187 Å². The molecule has 4 N–H and O–H groups in total. The first kappa shape index (κ1) is 43.7. The number of nitrogens with two attached hydrogens (primary N) is 1. The van der Waals surface area contributed by atoms with Gasteiger partial charge in [-0.2, -0.15) is 5.06 Å². The van der Waals surface area contributed by atoms with E-state index < -0.39 is 46.9 Å². The van der Waals surface area contributed by atoms with Gasteiger partial charge < -0.3 is 30.7 Å². The van der Waals surface area contributed by atoms with Crippen LogP contribution in [0.1, 0.15) is 41.3 Å². The Hall–Kier alpha value is -6.95. The number of fused-ring (bicyclic) bond motifs is 1. The standard InChI is InChI=1S/C47H45N7O8S2/c1-29-25-36(62-54(29)45(48)58)24-21-31-27-63-43-39(42(56)53(43)40(31)44(57)61-26-30-19-22-35(59-2)23-20-30)50-41(55)38(52-60-3)37-28-64-46(49-37)51-47(32-13-7-4-8-14-32,33-15-9-5-10-16-33)34-17-11-6-12-18-34/h4-24,28-29,36,39,43H,25-27H2,1-3H3,(H2,48,58)(H,49,51)(H,50,55)/b24-21+,52-38-/t29?,36?,39-,43+/m1/s1. The normalized spacial score (nSPS) is 19.8. The zero-order valence-corrected chi connectivity index (χ0v) is 36.7. The van der Waals surface area contributed by atoms with Crippen LogP contribution >= 0.6 is 23.1 Å².